The standard InChI is InChI=1S/C61H42N4/c1-61(2)51-30-11-13-32-54(51)64(43-21-4-3-5-22-43)55-35-34-41(38-52(55)61)47-27-16-29-50-57-46-25-9-7-18-40(46)33-36-56(57)65(59(47)50)44-23-14-20-42(37-44)60-62-53-31-12-10-26-49(53)58(63-60)48-28-15-19-39-17-6-8-24-45(39)48/h3-38H,1-2H3. The lowest BCUT2D eigenvalue weighted by molar-refractivity contribution is 0.632. The van der Waals surface area contributed by atoms with Crippen LogP contribution in [0.25, 0.3) is 93.7 Å². The van der Waals surface area contributed by atoms with Crippen molar-refractivity contribution in [3.63, 3.8) is 0 Å². The van der Waals surface area contributed by atoms with Gasteiger partial charge in [-0.3, -0.25) is 0 Å². The lowest BCUT2D eigenvalue weighted by Gasteiger charge is -2.42. The molecule has 0 aliphatic carbocycles. The van der Waals surface area contributed by atoms with Crippen LogP contribution in [-0.2, 0) is 5.41 Å². The molecular formula is C61H42N4. The first-order valence-electron chi connectivity index (χ1n) is 22.4. The van der Waals surface area contributed by atoms with E-state index in [9.17, 15) is 0 Å². The molecule has 1 aliphatic heterocycles. The average Bonchev–Trinajstić information content (AvgIpc) is 3.72. The topological polar surface area (TPSA) is 34.0 Å². The van der Waals surface area contributed by atoms with Gasteiger partial charge in [-0.25, -0.2) is 9.97 Å². The first kappa shape index (κ1) is 37.2. The fraction of sp³-hybridized carbons (Fsp3) is 0.0492. The third-order valence-electron chi connectivity index (χ3n) is 13.7. The number of hydrogen-bond acceptors (Lipinski definition) is 3. The van der Waals surface area contributed by atoms with Gasteiger partial charge in [-0.05, 0) is 92.8 Å². The van der Waals surface area contributed by atoms with Crippen molar-refractivity contribution in [3.8, 4) is 39.5 Å². The molecule has 10 aromatic carbocycles. The smallest absolute Gasteiger partial charge is 0.160 e. The molecule has 4 nitrogen and oxygen atoms in total. The van der Waals surface area contributed by atoms with Crippen LogP contribution in [-0.4, -0.2) is 14.5 Å². The SMILES string of the molecule is CC1(C)c2ccccc2N(c2ccccc2)c2ccc(-c3cccc4c5c6ccccc6ccc5n(-c5cccc(-c6nc(-c7cccc8ccccc78)c7ccccc7n6)c5)c34)cc21. The Bertz CT molecular complexity index is 3870. The third-order valence-corrected chi connectivity index (χ3v) is 13.7. The molecule has 1 aliphatic rings. The van der Waals surface area contributed by atoms with Crippen molar-refractivity contribution in [2.75, 3.05) is 4.90 Å². The van der Waals surface area contributed by atoms with Crippen LogP contribution < -0.4 is 4.90 Å². The summed E-state index contributed by atoms with van der Waals surface area (Å²) in [5.41, 5.74) is 15.6. The largest absolute Gasteiger partial charge is 0.310 e. The normalized spacial score (nSPS) is 13.2. The van der Waals surface area contributed by atoms with Crippen molar-refractivity contribution < 1.29 is 0 Å². The molecule has 0 radical (unpaired) electrons. The summed E-state index contributed by atoms with van der Waals surface area (Å²) in [6.07, 6.45) is 0. The van der Waals surface area contributed by atoms with Crippen molar-refractivity contribution >= 4 is 71.3 Å². The van der Waals surface area contributed by atoms with E-state index < -0.39 is 0 Å². The van der Waals surface area contributed by atoms with Gasteiger partial charge >= 0.3 is 0 Å². The molecule has 12 aromatic rings. The number of benzene rings is 10. The van der Waals surface area contributed by atoms with Crippen LogP contribution in [0.15, 0.2) is 218 Å². The maximum absolute atomic E-state index is 5.42. The van der Waals surface area contributed by atoms with Crippen molar-refractivity contribution in [1.82, 2.24) is 14.5 Å². The predicted molar refractivity (Wildman–Crippen MR) is 272 cm³/mol. The first-order valence-corrected chi connectivity index (χ1v) is 22.4. The molecule has 3 heterocycles. The second-order valence-electron chi connectivity index (χ2n) is 17.8. The van der Waals surface area contributed by atoms with E-state index in [-0.39, 0.29) is 5.41 Å². The van der Waals surface area contributed by atoms with Gasteiger partial charge in [-0.15, -0.1) is 0 Å². The Labute approximate surface area is 377 Å². The lowest BCUT2D eigenvalue weighted by Crippen LogP contribution is -2.30. The van der Waals surface area contributed by atoms with Gasteiger partial charge in [0.1, 0.15) is 0 Å². The molecule has 0 atom stereocenters. The van der Waals surface area contributed by atoms with Crippen molar-refractivity contribution in [3.05, 3.63) is 230 Å². The summed E-state index contributed by atoms with van der Waals surface area (Å²) < 4.78 is 2.47. The molecule has 0 saturated heterocycles. The van der Waals surface area contributed by atoms with Crippen LogP contribution in [0.4, 0.5) is 17.1 Å². The molecule has 0 fully saturated rings. The van der Waals surface area contributed by atoms with Gasteiger partial charge in [-0.2, -0.15) is 0 Å². The zero-order valence-corrected chi connectivity index (χ0v) is 36.1. The Morgan fingerprint density at radius 3 is 1.94 bits per heavy atom. The number of anilines is 3. The zero-order chi connectivity index (χ0) is 43.2. The number of aromatic nitrogens is 3. The Kier molecular flexibility index (Phi) is 8.22. The third kappa shape index (κ3) is 5.70. The monoisotopic (exact) mass is 830 g/mol. The Morgan fingerprint density at radius 2 is 1.06 bits per heavy atom. The zero-order valence-electron chi connectivity index (χ0n) is 36.1. The summed E-state index contributed by atoms with van der Waals surface area (Å²) in [6, 6.07) is 79.1. The molecule has 2 aromatic heterocycles. The van der Waals surface area contributed by atoms with Gasteiger partial charge in [-0.1, -0.05) is 178 Å². The van der Waals surface area contributed by atoms with Gasteiger partial charge in [0.05, 0.1) is 33.6 Å². The summed E-state index contributed by atoms with van der Waals surface area (Å²) in [7, 11) is 0. The first-order chi connectivity index (χ1) is 32.0. The van der Waals surface area contributed by atoms with E-state index in [0.717, 1.165) is 44.6 Å². The van der Waals surface area contributed by atoms with E-state index in [1.54, 1.807) is 0 Å². The predicted octanol–water partition coefficient (Wildman–Crippen LogP) is 16.1. The summed E-state index contributed by atoms with van der Waals surface area (Å²) >= 11 is 0. The van der Waals surface area contributed by atoms with Gasteiger partial charge < -0.3 is 9.47 Å². The van der Waals surface area contributed by atoms with Crippen molar-refractivity contribution in [1.29, 1.82) is 0 Å². The summed E-state index contributed by atoms with van der Waals surface area (Å²) in [5, 5.41) is 8.31. The highest BCUT2D eigenvalue weighted by Crippen LogP contribution is 2.53. The van der Waals surface area contributed by atoms with E-state index >= 15 is 0 Å². The van der Waals surface area contributed by atoms with E-state index in [0.29, 0.717) is 5.82 Å². The van der Waals surface area contributed by atoms with Crippen molar-refractivity contribution in [2.24, 2.45) is 0 Å². The molecule has 0 amide bonds. The van der Waals surface area contributed by atoms with Gasteiger partial charge in [0.15, 0.2) is 5.82 Å². The van der Waals surface area contributed by atoms with Crippen LogP contribution in [0.2, 0.25) is 0 Å². The Hall–Kier alpha value is -8.34. The van der Waals surface area contributed by atoms with Crippen LogP contribution in [0.5, 0.6) is 0 Å². The van der Waals surface area contributed by atoms with Crippen LogP contribution in [0, 0.1) is 0 Å². The second-order valence-corrected chi connectivity index (χ2v) is 17.8. The summed E-state index contributed by atoms with van der Waals surface area (Å²) in [4.78, 5) is 13.1. The average molecular weight is 831 g/mol. The molecule has 306 valence electrons. The maximum atomic E-state index is 5.42. The van der Waals surface area contributed by atoms with Crippen LogP contribution in [0.3, 0.4) is 0 Å². The number of nitrogens with zero attached hydrogens (tertiary/aromatic N) is 4. The fourth-order valence-electron chi connectivity index (χ4n) is 10.7. The number of para-hydroxylation sites is 4. The van der Waals surface area contributed by atoms with E-state index in [1.807, 2.05) is 0 Å². The van der Waals surface area contributed by atoms with Crippen molar-refractivity contribution in [2.45, 2.75) is 19.3 Å². The molecule has 4 heteroatoms. The van der Waals surface area contributed by atoms with E-state index in [1.165, 1.54) is 71.5 Å². The van der Waals surface area contributed by atoms with Gasteiger partial charge in [0.25, 0.3) is 0 Å². The highest BCUT2D eigenvalue weighted by atomic mass is 15.2. The van der Waals surface area contributed by atoms with Gasteiger partial charge in [0, 0.05) is 49.6 Å². The molecule has 0 spiro atoms. The Balaban J connectivity index is 1.05. The minimum atomic E-state index is -0.247. The number of fused-ring (bicyclic) bond motifs is 9. The molecule has 13 rings (SSSR count). The summed E-state index contributed by atoms with van der Waals surface area (Å²) in [5.74, 6) is 0.695. The quantitative estimate of drug-likeness (QED) is 0.173. The van der Waals surface area contributed by atoms with E-state index in [4.69, 9.17) is 9.97 Å². The molecule has 0 bridgehead atoms. The van der Waals surface area contributed by atoms with E-state index in [2.05, 4.69) is 242 Å². The molecule has 0 saturated carbocycles. The highest BCUT2D eigenvalue weighted by molar-refractivity contribution is 6.23. The Morgan fingerprint density at radius 1 is 0.415 bits per heavy atom. The molecule has 0 N–H and O–H groups in total. The molecule has 0 unspecified atom stereocenters. The minimum Gasteiger partial charge on any atom is -0.310 e. The van der Waals surface area contributed by atoms with Gasteiger partial charge in [0.2, 0.25) is 0 Å². The molecular weight excluding hydrogens is 789 g/mol. The number of rotatable bonds is 5. The second kappa shape index (κ2) is 14.3. The van der Waals surface area contributed by atoms with Crippen LogP contribution >= 0.6 is 0 Å². The highest BCUT2D eigenvalue weighted by Gasteiger charge is 2.37. The minimum absolute atomic E-state index is 0.247. The summed E-state index contributed by atoms with van der Waals surface area (Å²) in [6.45, 7) is 4.74. The maximum Gasteiger partial charge on any atom is 0.160 e. The van der Waals surface area contributed by atoms with Crippen LogP contribution in [0.1, 0.15) is 25.0 Å². The lowest BCUT2D eigenvalue weighted by atomic mass is 9.73. The molecule has 65 heavy (non-hydrogen) atoms. The number of hydrogen-bond donors (Lipinski definition) is 0. The fourth-order valence-corrected chi connectivity index (χ4v) is 10.7.